The summed E-state index contributed by atoms with van der Waals surface area (Å²) in [5, 5.41) is 6.19. The van der Waals surface area contributed by atoms with Crippen molar-refractivity contribution in [3.63, 3.8) is 0 Å². The molecule has 6 heteroatoms. The molecule has 0 unspecified atom stereocenters. The van der Waals surface area contributed by atoms with Gasteiger partial charge >= 0.3 is 0 Å². The lowest BCUT2D eigenvalue weighted by molar-refractivity contribution is -0.123. The Hall–Kier alpha value is -2.60. The number of likely N-dealkylation sites (N-methyl/N-ethyl adjacent to an activating group) is 1. The molecule has 0 spiro atoms. The van der Waals surface area contributed by atoms with E-state index in [9.17, 15) is 9.18 Å². The minimum atomic E-state index is -0.200. The third kappa shape index (κ3) is 5.01. The van der Waals surface area contributed by atoms with Gasteiger partial charge in [0.2, 0.25) is 0 Å². The Balaban J connectivity index is 1.54. The number of carbonyl (C=O) groups is 1. The molecule has 2 aromatic carbocycles. The van der Waals surface area contributed by atoms with Crippen LogP contribution in [0.25, 0.3) is 0 Å². The van der Waals surface area contributed by atoms with Gasteiger partial charge in [-0.15, -0.1) is 0 Å². The first-order chi connectivity index (χ1) is 13.6. The number of benzene rings is 2. The summed E-state index contributed by atoms with van der Waals surface area (Å²) >= 11 is 0. The van der Waals surface area contributed by atoms with Gasteiger partial charge in [0.15, 0.2) is 18.1 Å². The highest BCUT2D eigenvalue weighted by Gasteiger charge is 2.43. The normalized spacial score (nSPS) is 14.4. The highest BCUT2D eigenvalue weighted by atomic mass is 19.1. The van der Waals surface area contributed by atoms with E-state index in [2.05, 4.69) is 10.6 Å². The number of amides is 1. The molecule has 0 aliphatic heterocycles. The van der Waals surface area contributed by atoms with Crippen LogP contribution in [0.5, 0.6) is 11.5 Å². The second kappa shape index (κ2) is 9.06. The monoisotopic (exact) mass is 386 g/mol. The lowest BCUT2D eigenvalue weighted by atomic mass is 9.96. The summed E-state index contributed by atoms with van der Waals surface area (Å²) in [6.07, 6.45) is 2.23. The zero-order valence-electron chi connectivity index (χ0n) is 16.4. The Kier molecular flexibility index (Phi) is 6.52. The molecule has 1 aliphatic carbocycles. The van der Waals surface area contributed by atoms with Crippen LogP contribution in [0.15, 0.2) is 42.5 Å². The van der Waals surface area contributed by atoms with E-state index < -0.39 is 0 Å². The third-order valence-corrected chi connectivity index (χ3v) is 5.06. The molecule has 1 aliphatic rings. The van der Waals surface area contributed by atoms with Crippen LogP contribution >= 0.6 is 0 Å². The summed E-state index contributed by atoms with van der Waals surface area (Å²) in [6, 6.07) is 12.5. The number of hydrogen-bond donors (Lipinski definition) is 2. The maximum atomic E-state index is 13.2. The average Bonchev–Trinajstić information content (AvgIpc) is 3.48. The van der Waals surface area contributed by atoms with Crippen LogP contribution in [0.1, 0.15) is 30.9 Å². The zero-order chi connectivity index (χ0) is 20.0. The fourth-order valence-corrected chi connectivity index (χ4v) is 3.30. The Bertz CT molecular complexity index is 804. The second-order valence-corrected chi connectivity index (χ2v) is 7.12. The first kappa shape index (κ1) is 20.1. The van der Waals surface area contributed by atoms with Gasteiger partial charge in [-0.05, 0) is 55.2 Å². The highest BCUT2D eigenvalue weighted by Crippen LogP contribution is 2.47. The maximum absolute atomic E-state index is 13.2. The molecule has 1 saturated carbocycles. The van der Waals surface area contributed by atoms with E-state index >= 15 is 0 Å². The van der Waals surface area contributed by atoms with Crippen LogP contribution in [-0.4, -0.2) is 32.7 Å². The van der Waals surface area contributed by atoms with Crippen molar-refractivity contribution in [3.05, 3.63) is 59.4 Å². The van der Waals surface area contributed by atoms with Crippen LogP contribution in [0.2, 0.25) is 0 Å². The van der Waals surface area contributed by atoms with E-state index in [-0.39, 0.29) is 23.7 Å². The van der Waals surface area contributed by atoms with E-state index in [0.29, 0.717) is 24.6 Å². The molecule has 2 N–H and O–H groups in total. The molecule has 0 atom stereocenters. The van der Waals surface area contributed by atoms with Gasteiger partial charge in [0.05, 0.1) is 7.11 Å². The third-order valence-electron chi connectivity index (χ3n) is 5.06. The van der Waals surface area contributed by atoms with E-state index in [0.717, 1.165) is 24.9 Å². The standard InChI is InChI=1S/C22H27FN2O3/c1-3-25-21(26)14-28-19-9-4-16(12-20(19)27-2)13-24-15-22(10-11-22)17-5-7-18(23)8-6-17/h4-9,12,24H,3,10-11,13-15H2,1-2H3,(H,25,26). The first-order valence-electron chi connectivity index (χ1n) is 9.59. The molecule has 0 radical (unpaired) electrons. The summed E-state index contributed by atoms with van der Waals surface area (Å²) in [7, 11) is 1.58. The SMILES string of the molecule is CCNC(=O)COc1ccc(CNCC2(c3ccc(F)cc3)CC2)cc1OC. The van der Waals surface area contributed by atoms with Crippen molar-refractivity contribution in [2.45, 2.75) is 31.7 Å². The number of carbonyl (C=O) groups excluding carboxylic acids is 1. The molecule has 1 fully saturated rings. The van der Waals surface area contributed by atoms with Gasteiger partial charge in [0.1, 0.15) is 5.82 Å². The van der Waals surface area contributed by atoms with Crippen molar-refractivity contribution in [2.24, 2.45) is 0 Å². The van der Waals surface area contributed by atoms with E-state index in [1.54, 1.807) is 7.11 Å². The van der Waals surface area contributed by atoms with Crippen molar-refractivity contribution in [1.82, 2.24) is 10.6 Å². The first-order valence-corrected chi connectivity index (χ1v) is 9.59. The van der Waals surface area contributed by atoms with Gasteiger partial charge in [0.25, 0.3) is 5.91 Å². The number of rotatable bonds is 10. The van der Waals surface area contributed by atoms with Gasteiger partial charge in [-0.1, -0.05) is 18.2 Å². The lowest BCUT2D eigenvalue weighted by Gasteiger charge is -2.17. The lowest BCUT2D eigenvalue weighted by Crippen LogP contribution is -2.28. The van der Waals surface area contributed by atoms with Crippen molar-refractivity contribution in [3.8, 4) is 11.5 Å². The van der Waals surface area contributed by atoms with Gasteiger partial charge in [-0.2, -0.15) is 0 Å². The van der Waals surface area contributed by atoms with Gasteiger partial charge < -0.3 is 20.1 Å². The topological polar surface area (TPSA) is 59.6 Å². The van der Waals surface area contributed by atoms with Crippen LogP contribution in [0, 0.1) is 5.82 Å². The molecular weight excluding hydrogens is 359 g/mol. The summed E-state index contributed by atoms with van der Waals surface area (Å²) in [5.74, 6) is 0.783. The smallest absolute Gasteiger partial charge is 0.257 e. The fraction of sp³-hybridized carbons (Fsp3) is 0.409. The molecule has 0 aromatic heterocycles. The summed E-state index contributed by atoms with van der Waals surface area (Å²) in [5.41, 5.74) is 2.37. The number of nitrogens with one attached hydrogen (secondary N) is 2. The molecule has 28 heavy (non-hydrogen) atoms. The number of hydrogen-bond acceptors (Lipinski definition) is 4. The molecule has 3 rings (SSSR count). The number of methoxy groups -OCH3 is 1. The van der Waals surface area contributed by atoms with Crippen molar-refractivity contribution in [2.75, 3.05) is 26.8 Å². The van der Waals surface area contributed by atoms with Crippen molar-refractivity contribution in [1.29, 1.82) is 0 Å². The van der Waals surface area contributed by atoms with Gasteiger partial charge in [-0.3, -0.25) is 4.79 Å². The summed E-state index contributed by atoms with van der Waals surface area (Å²) < 4.78 is 24.1. The second-order valence-electron chi connectivity index (χ2n) is 7.12. The molecular formula is C22H27FN2O3. The Labute approximate surface area is 165 Å². The summed E-state index contributed by atoms with van der Waals surface area (Å²) in [6.45, 7) is 3.93. The van der Waals surface area contributed by atoms with E-state index in [1.807, 2.05) is 37.3 Å². The number of halogens is 1. The minimum Gasteiger partial charge on any atom is -0.493 e. The van der Waals surface area contributed by atoms with E-state index in [4.69, 9.17) is 9.47 Å². The molecule has 5 nitrogen and oxygen atoms in total. The minimum absolute atomic E-state index is 0.0397. The fourth-order valence-electron chi connectivity index (χ4n) is 3.30. The Morgan fingerprint density at radius 1 is 1.14 bits per heavy atom. The zero-order valence-corrected chi connectivity index (χ0v) is 16.4. The largest absolute Gasteiger partial charge is 0.493 e. The van der Waals surface area contributed by atoms with Gasteiger partial charge in [0, 0.05) is 25.0 Å². The van der Waals surface area contributed by atoms with Crippen molar-refractivity contribution < 1.29 is 18.7 Å². The average molecular weight is 386 g/mol. The molecule has 150 valence electrons. The Morgan fingerprint density at radius 2 is 1.89 bits per heavy atom. The predicted molar refractivity (Wildman–Crippen MR) is 106 cm³/mol. The van der Waals surface area contributed by atoms with Gasteiger partial charge in [-0.25, -0.2) is 4.39 Å². The van der Waals surface area contributed by atoms with Crippen LogP contribution < -0.4 is 20.1 Å². The quantitative estimate of drug-likeness (QED) is 0.659. The Morgan fingerprint density at radius 3 is 2.54 bits per heavy atom. The maximum Gasteiger partial charge on any atom is 0.257 e. The molecule has 0 saturated heterocycles. The van der Waals surface area contributed by atoms with Crippen LogP contribution in [-0.2, 0) is 16.8 Å². The number of ether oxygens (including phenoxy) is 2. The van der Waals surface area contributed by atoms with Crippen LogP contribution in [0.4, 0.5) is 4.39 Å². The van der Waals surface area contributed by atoms with Crippen LogP contribution in [0.3, 0.4) is 0 Å². The van der Waals surface area contributed by atoms with E-state index in [1.165, 1.54) is 17.7 Å². The van der Waals surface area contributed by atoms with Crippen molar-refractivity contribution >= 4 is 5.91 Å². The molecule has 0 bridgehead atoms. The molecule has 2 aromatic rings. The molecule has 1 amide bonds. The summed E-state index contributed by atoms with van der Waals surface area (Å²) in [4.78, 5) is 11.6. The predicted octanol–water partition coefficient (Wildman–Crippen LogP) is 3.17. The highest BCUT2D eigenvalue weighted by molar-refractivity contribution is 5.77. The molecule has 0 heterocycles.